The van der Waals surface area contributed by atoms with E-state index in [1.54, 1.807) is 0 Å². The fraction of sp³-hybridized carbons (Fsp3) is 0.842. The summed E-state index contributed by atoms with van der Waals surface area (Å²) in [6, 6.07) is 0. The summed E-state index contributed by atoms with van der Waals surface area (Å²) < 4.78 is 17.9. The Bertz CT molecular complexity index is 663. The van der Waals surface area contributed by atoms with Crippen LogP contribution in [0.4, 0.5) is 0 Å². The Morgan fingerprint density at radius 1 is 0.640 bits per heavy atom. The maximum absolute atomic E-state index is 6.01. The molecule has 2 atom stereocenters. The smallest absolute Gasteiger partial charge is 0.191 e. The van der Waals surface area contributed by atoms with Crippen LogP contribution in [0, 0.1) is 17.3 Å². The number of hydrogen-bond acceptors (Lipinski definition) is 6. The lowest BCUT2D eigenvalue weighted by atomic mass is 10.0. The van der Waals surface area contributed by atoms with Gasteiger partial charge < -0.3 is 14.2 Å². The van der Waals surface area contributed by atoms with Gasteiger partial charge in [0.1, 0.15) is 19.8 Å². The fourth-order valence-electron chi connectivity index (χ4n) is 3.98. The molecule has 0 bridgehead atoms. The Morgan fingerprint density at radius 3 is 1.36 bits per heavy atom. The molecule has 1 aliphatic carbocycles. The van der Waals surface area contributed by atoms with Crippen molar-refractivity contribution in [1.29, 1.82) is 0 Å². The topological polar surface area (TPSA) is 64.8 Å². The first kappa shape index (κ1) is 16.9. The predicted octanol–water partition coefficient (Wildman–Crippen LogP) is 2.86. The molecule has 1 fully saturated rings. The van der Waals surface area contributed by atoms with E-state index in [2.05, 4.69) is 48.5 Å². The van der Waals surface area contributed by atoms with Gasteiger partial charge in [-0.3, -0.25) is 0 Å². The van der Waals surface area contributed by atoms with Crippen molar-refractivity contribution in [3.05, 3.63) is 0 Å². The van der Waals surface area contributed by atoms with Gasteiger partial charge in [-0.05, 0) is 48.5 Å². The van der Waals surface area contributed by atoms with Gasteiger partial charge >= 0.3 is 0 Å². The number of nitrogens with zero attached hydrogens (tertiary/aromatic N) is 3. The first-order chi connectivity index (χ1) is 11.4. The van der Waals surface area contributed by atoms with E-state index in [9.17, 15) is 0 Å². The van der Waals surface area contributed by atoms with Crippen molar-refractivity contribution in [3.63, 3.8) is 0 Å². The van der Waals surface area contributed by atoms with Gasteiger partial charge in [0.25, 0.3) is 0 Å². The van der Waals surface area contributed by atoms with E-state index in [4.69, 9.17) is 29.2 Å². The second kappa shape index (κ2) is 4.77. The van der Waals surface area contributed by atoms with Gasteiger partial charge in [0.2, 0.25) is 0 Å². The molecule has 3 heterocycles. The molecule has 0 unspecified atom stereocenters. The molecule has 0 aromatic carbocycles. The lowest BCUT2D eigenvalue weighted by molar-refractivity contribution is 0.256. The summed E-state index contributed by atoms with van der Waals surface area (Å²) in [4.78, 5) is 14.5. The standard InChI is InChI=1S/C19H29N3O3/c1-16(2)8-23-13(20-16)11-12(14-21-17(3,4)9-24-14)19(11,7)15-22-18(5,6)10-25-15/h11-12H,8-10H2,1-7H3/t11-,12-/m0/s1. The lowest BCUT2D eigenvalue weighted by Gasteiger charge is -2.11. The van der Waals surface area contributed by atoms with Crippen LogP contribution in [-0.2, 0) is 14.2 Å². The molecule has 3 aliphatic heterocycles. The normalized spacial score (nSPS) is 39.7. The highest BCUT2D eigenvalue weighted by atomic mass is 16.5. The summed E-state index contributed by atoms with van der Waals surface area (Å²) >= 11 is 0. The average Bonchev–Trinajstić information content (AvgIpc) is 2.82. The van der Waals surface area contributed by atoms with E-state index in [1.165, 1.54) is 0 Å². The van der Waals surface area contributed by atoms with Gasteiger partial charge in [-0.1, -0.05) is 0 Å². The molecule has 4 aliphatic rings. The zero-order valence-corrected chi connectivity index (χ0v) is 16.3. The van der Waals surface area contributed by atoms with Crippen LogP contribution in [0.5, 0.6) is 0 Å². The second-order valence-electron chi connectivity index (χ2n) is 9.86. The van der Waals surface area contributed by atoms with Gasteiger partial charge in [0.05, 0.1) is 33.9 Å². The first-order valence-electron chi connectivity index (χ1n) is 9.12. The molecule has 6 nitrogen and oxygen atoms in total. The number of ether oxygens (including phenoxy) is 3. The van der Waals surface area contributed by atoms with Crippen molar-refractivity contribution < 1.29 is 14.2 Å². The number of aliphatic imine (C=N–C) groups is 3. The van der Waals surface area contributed by atoms with Gasteiger partial charge in [-0.15, -0.1) is 0 Å². The van der Waals surface area contributed by atoms with Crippen LogP contribution >= 0.6 is 0 Å². The summed E-state index contributed by atoms with van der Waals surface area (Å²) in [5.41, 5.74) is -0.852. The summed E-state index contributed by atoms with van der Waals surface area (Å²) in [5, 5.41) is 0. The van der Waals surface area contributed by atoms with E-state index < -0.39 is 0 Å². The Labute approximate surface area is 149 Å². The molecule has 0 aromatic heterocycles. The van der Waals surface area contributed by atoms with E-state index in [-0.39, 0.29) is 33.9 Å². The quantitative estimate of drug-likeness (QED) is 0.788. The minimum atomic E-state index is -0.299. The zero-order valence-electron chi connectivity index (χ0n) is 16.3. The highest BCUT2D eigenvalue weighted by Crippen LogP contribution is 2.63. The van der Waals surface area contributed by atoms with Crippen LogP contribution in [-0.4, -0.2) is 54.1 Å². The van der Waals surface area contributed by atoms with Crippen LogP contribution in [0.1, 0.15) is 48.5 Å². The van der Waals surface area contributed by atoms with E-state index in [0.29, 0.717) is 19.8 Å². The van der Waals surface area contributed by atoms with E-state index in [1.807, 2.05) is 0 Å². The summed E-state index contributed by atoms with van der Waals surface area (Å²) in [6.07, 6.45) is 0. The molecule has 25 heavy (non-hydrogen) atoms. The predicted molar refractivity (Wildman–Crippen MR) is 97.5 cm³/mol. The summed E-state index contributed by atoms with van der Waals surface area (Å²) in [7, 11) is 0. The molecular formula is C19H29N3O3. The first-order valence-corrected chi connectivity index (χ1v) is 9.12. The SMILES string of the molecule is CC1(C)COC([C@@H]2[C@@H](C3=NC(C)(C)CO3)C2(C)C2=NC(C)(C)CO2)=N1. The molecule has 0 saturated heterocycles. The molecule has 1 saturated carbocycles. The number of rotatable bonds is 3. The average molecular weight is 347 g/mol. The Hall–Kier alpha value is -1.59. The van der Waals surface area contributed by atoms with Gasteiger partial charge in [0, 0.05) is 0 Å². The monoisotopic (exact) mass is 347 g/mol. The Kier molecular flexibility index (Phi) is 3.22. The molecule has 138 valence electrons. The van der Waals surface area contributed by atoms with Crippen molar-refractivity contribution in [1.82, 2.24) is 0 Å². The van der Waals surface area contributed by atoms with Gasteiger partial charge in [0.15, 0.2) is 17.7 Å². The molecule has 0 spiro atoms. The van der Waals surface area contributed by atoms with E-state index in [0.717, 1.165) is 17.7 Å². The maximum Gasteiger partial charge on any atom is 0.191 e. The molecule has 0 amide bonds. The third-order valence-corrected chi connectivity index (χ3v) is 5.45. The van der Waals surface area contributed by atoms with Gasteiger partial charge in [-0.2, -0.15) is 0 Å². The van der Waals surface area contributed by atoms with Crippen LogP contribution in [0.3, 0.4) is 0 Å². The molecule has 0 aromatic rings. The minimum absolute atomic E-state index is 0.0783. The largest absolute Gasteiger partial charge is 0.478 e. The molecular weight excluding hydrogens is 318 g/mol. The summed E-state index contributed by atoms with van der Waals surface area (Å²) in [5.74, 6) is 2.54. The highest BCUT2D eigenvalue weighted by Gasteiger charge is 2.73. The maximum atomic E-state index is 6.01. The van der Waals surface area contributed by atoms with E-state index >= 15 is 0 Å². The number of hydrogen-bond donors (Lipinski definition) is 0. The van der Waals surface area contributed by atoms with Crippen molar-refractivity contribution in [2.45, 2.75) is 65.1 Å². The van der Waals surface area contributed by atoms with Crippen molar-refractivity contribution in [2.75, 3.05) is 19.8 Å². The Balaban J connectivity index is 1.71. The molecule has 0 radical (unpaired) electrons. The van der Waals surface area contributed by atoms with Crippen molar-refractivity contribution in [3.8, 4) is 0 Å². The van der Waals surface area contributed by atoms with Gasteiger partial charge in [-0.25, -0.2) is 15.0 Å². The van der Waals surface area contributed by atoms with Crippen LogP contribution in [0.2, 0.25) is 0 Å². The highest BCUT2D eigenvalue weighted by molar-refractivity contribution is 6.06. The van der Waals surface area contributed by atoms with Crippen LogP contribution < -0.4 is 0 Å². The lowest BCUT2D eigenvalue weighted by Crippen LogP contribution is -2.20. The molecule has 0 N–H and O–H groups in total. The van der Waals surface area contributed by atoms with Crippen molar-refractivity contribution >= 4 is 17.7 Å². The molecule has 6 heteroatoms. The second-order valence-corrected chi connectivity index (χ2v) is 9.86. The fourth-order valence-corrected chi connectivity index (χ4v) is 3.98. The van der Waals surface area contributed by atoms with Crippen molar-refractivity contribution in [2.24, 2.45) is 32.2 Å². The van der Waals surface area contributed by atoms with Crippen LogP contribution in [0.15, 0.2) is 15.0 Å². The third kappa shape index (κ3) is 2.64. The summed E-state index contributed by atoms with van der Waals surface area (Å²) in [6.45, 7) is 16.6. The van der Waals surface area contributed by atoms with Crippen LogP contribution in [0.25, 0.3) is 0 Å². The Morgan fingerprint density at radius 2 is 1.04 bits per heavy atom. The minimum Gasteiger partial charge on any atom is -0.478 e. The zero-order chi connectivity index (χ0) is 18.3. The molecule has 4 rings (SSSR count). The third-order valence-electron chi connectivity index (χ3n) is 5.45.